The van der Waals surface area contributed by atoms with Crippen molar-refractivity contribution in [1.82, 2.24) is 5.32 Å². The van der Waals surface area contributed by atoms with Gasteiger partial charge < -0.3 is 5.32 Å². The van der Waals surface area contributed by atoms with Crippen LogP contribution in [0.1, 0.15) is 161 Å². The third-order valence-corrected chi connectivity index (χ3v) is 7.80. The zero-order valence-corrected chi connectivity index (χ0v) is 20.0. The SMILES string of the molecule is C1CCCCCCC(CCCCCNC2CCCCCCCCC2)CCCCC1. The molecule has 1 nitrogen and oxygen atoms in total. The topological polar surface area (TPSA) is 12.0 Å². The lowest BCUT2D eigenvalue weighted by atomic mass is 9.90. The summed E-state index contributed by atoms with van der Waals surface area (Å²) in [5, 5.41) is 3.93. The molecule has 0 radical (unpaired) electrons. The molecule has 0 aromatic heterocycles. The molecule has 0 atom stereocenters. The Morgan fingerprint density at radius 2 is 0.828 bits per heavy atom. The van der Waals surface area contributed by atoms with Crippen LogP contribution in [0.4, 0.5) is 0 Å². The molecule has 0 aromatic rings. The molecule has 0 saturated heterocycles. The summed E-state index contributed by atoms with van der Waals surface area (Å²) in [5.41, 5.74) is 0. The van der Waals surface area contributed by atoms with E-state index < -0.39 is 0 Å². The summed E-state index contributed by atoms with van der Waals surface area (Å²) in [6, 6.07) is 0.823. The number of nitrogens with one attached hydrogen (secondary N) is 1. The molecule has 2 rings (SSSR count). The average Bonchev–Trinajstić information content (AvgIpc) is 2.77. The van der Waals surface area contributed by atoms with Crippen molar-refractivity contribution in [3.8, 4) is 0 Å². The molecule has 0 spiro atoms. The second-order valence-electron chi connectivity index (χ2n) is 10.5. The second kappa shape index (κ2) is 18.7. The molecule has 172 valence electrons. The summed E-state index contributed by atoms with van der Waals surface area (Å²) in [6.07, 6.45) is 37.1. The van der Waals surface area contributed by atoms with Gasteiger partial charge in [-0.15, -0.1) is 0 Å². The van der Waals surface area contributed by atoms with Crippen LogP contribution in [-0.2, 0) is 0 Å². The van der Waals surface area contributed by atoms with Crippen LogP contribution >= 0.6 is 0 Å². The van der Waals surface area contributed by atoms with E-state index in [1.807, 2.05) is 0 Å². The number of unbranched alkanes of at least 4 members (excludes halogenated alkanes) is 2. The Hall–Kier alpha value is -0.0400. The van der Waals surface area contributed by atoms with E-state index in [9.17, 15) is 0 Å². The predicted molar refractivity (Wildman–Crippen MR) is 131 cm³/mol. The van der Waals surface area contributed by atoms with E-state index in [1.54, 1.807) is 0 Å². The van der Waals surface area contributed by atoms with Gasteiger partial charge in [0.1, 0.15) is 0 Å². The van der Waals surface area contributed by atoms with Gasteiger partial charge in [0.25, 0.3) is 0 Å². The Morgan fingerprint density at radius 3 is 1.31 bits per heavy atom. The van der Waals surface area contributed by atoms with E-state index in [0.29, 0.717) is 0 Å². The van der Waals surface area contributed by atoms with E-state index in [2.05, 4.69) is 5.32 Å². The zero-order valence-electron chi connectivity index (χ0n) is 20.0. The molecule has 0 aliphatic heterocycles. The number of hydrogen-bond acceptors (Lipinski definition) is 1. The Balaban J connectivity index is 1.52. The first-order valence-corrected chi connectivity index (χ1v) is 14.2. The molecule has 1 heteroatoms. The van der Waals surface area contributed by atoms with Gasteiger partial charge in [-0.1, -0.05) is 141 Å². The maximum absolute atomic E-state index is 3.93. The normalized spacial score (nSPS) is 23.6. The maximum atomic E-state index is 3.93. The monoisotopic (exact) mass is 405 g/mol. The van der Waals surface area contributed by atoms with Crippen molar-refractivity contribution in [2.24, 2.45) is 5.92 Å². The summed E-state index contributed by atoms with van der Waals surface area (Å²) in [5.74, 6) is 1.04. The molecule has 2 fully saturated rings. The maximum Gasteiger partial charge on any atom is 0.00670 e. The lowest BCUT2D eigenvalue weighted by Crippen LogP contribution is -2.30. The van der Waals surface area contributed by atoms with Crippen molar-refractivity contribution >= 4 is 0 Å². The fourth-order valence-corrected chi connectivity index (χ4v) is 5.77. The first kappa shape index (κ1) is 25.2. The largest absolute Gasteiger partial charge is 0.314 e. The lowest BCUT2D eigenvalue weighted by Gasteiger charge is -2.20. The summed E-state index contributed by atoms with van der Waals surface area (Å²) in [6.45, 7) is 1.27. The van der Waals surface area contributed by atoms with Gasteiger partial charge in [-0.2, -0.15) is 0 Å². The molecule has 2 saturated carbocycles. The van der Waals surface area contributed by atoms with Crippen molar-refractivity contribution in [2.45, 2.75) is 167 Å². The smallest absolute Gasteiger partial charge is 0.00670 e. The van der Waals surface area contributed by atoms with Gasteiger partial charge in [-0.25, -0.2) is 0 Å². The molecule has 0 heterocycles. The van der Waals surface area contributed by atoms with Gasteiger partial charge in [0.15, 0.2) is 0 Å². The van der Waals surface area contributed by atoms with Crippen LogP contribution in [0, 0.1) is 5.92 Å². The average molecular weight is 406 g/mol. The van der Waals surface area contributed by atoms with Crippen LogP contribution in [0.5, 0.6) is 0 Å². The van der Waals surface area contributed by atoms with Gasteiger partial charge in [-0.3, -0.25) is 0 Å². The Kier molecular flexibility index (Phi) is 16.3. The van der Waals surface area contributed by atoms with Crippen LogP contribution < -0.4 is 5.32 Å². The van der Waals surface area contributed by atoms with E-state index in [1.165, 1.54) is 167 Å². The highest BCUT2D eigenvalue weighted by Gasteiger charge is 2.11. The minimum atomic E-state index is 0.823. The van der Waals surface area contributed by atoms with Gasteiger partial charge in [0.05, 0.1) is 0 Å². The Morgan fingerprint density at radius 1 is 0.414 bits per heavy atom. The second-order valence-corrected chi connectivity index (χ2v) is 10.5. The number of rotatable bonds is 7. The number of hydrogen-bond donors (Lipinski definition) is 1. The Bertz CT molecular complexity index is 315. The van der Waals surface area contributed by atoms with Crippen LogP contribution in [-0.4, -0.2) is 12.6 Å². The highest BCUT2D eigenvalue weighted by atomic mass is 14.9. The third-order valence-electron chi connectivity index (χ3n) is 7.80. The molecular formula is C28H55N. The van der Waals surface area contributed by atoms with E-state index in [0.717, 1.165) is 12.0 Å². The van der Waals surface area contributed by atoms with Gasteiger partial charge in [0, 0.05) is 6.04 Å². The van der Waals surface area contributed by atoms with Gasteiger partial charge in [0.2, 0.25) is 0 Å². The quantitative estimate of drug-likeness (QED) is 0.416. The molecule has 2 aliphatic rings. The van der Waals surface area contributed by atoms with Crippen LogP contribution in [0.25, 0.3) is 0 Å². The molecule has 0 bridgehead atoms. The molecular weight excluding hydrogens is 350 g/mol. The minimum Gasteiger partial charge on any atom is -0.314 e. The Labute approximate surface area is 184 Å². The fraction of sp³-hybridized carbons (Fsp3) is 1.00. The van der Waals surface area contributed by atoms with E-state index in [-0.39, 0.29) is 0 Å². The molecule has 2 aliphatic carbocycles. The van der Waals surface area contributed by atoms with Crippen molar-refractivity contribution < 1.29 is 0 Å². The van der Waals surface area contributed by atoms with Crippen LogP contribution in [0.3, 0.4) is 0 Å². The van der Waals surface area contributed by atoms with Crippen molar-refractivity contribution in [3.05, 3.63) is 0 Å². The fourth-order valence-electron chi connectivity index (χ4n) is 5.77. The van der Waals surface area contributed by atoms with Crippen LogP contribution in [0.2, 0.25) is 0 Å². The molecule has 1 N–H and O–H groups in total. The third kappa shape index (κ3) is 14.6. The summed E-state index contributed by atoms with van der Waals surface area (Å²) >= 11 is 0. The van der Waals surface area contributed by atoms with E-state index >= 15 is 0 Å². The zero-order chi connectivity index (χ0) is 20.2. The van der Waals surface area contributed by atoms with E-state index in [4.69, 9.17) is 0 Å². The summed E-state index contributed by atoms with van der Waals surface area (Å²) in [4.78, 5) is 0. The standard InChI is InChI=1S/C28H55N/c1-2-4-7-11-16-22-27(21-15-10-6-3-1)23-17-14-20-26-29-28-24-18-12-8-5-9-13-19-25-28/h27-29H,1-26H2. The molecule has 0 unspecified atom stereocenters. The highest BCUT2D eigenvalue weighted by Crippen LogP contribution is 2.25. The van der Waals surface area contributed by atoms with Gasteiger partial charge in [-0.05, 0) is 31.7 Å². The molecule has 29 heavy (non-hydrogen) atoms. The van der Waals surface area contributed by atoms with Crippen molar-refractivity contribution in [1.29, 1.82) is 0 Å². The van der Waals surface area contributed by atoms with Crippen molar-refractivity contribution in [2.75, 3.05) is 6.54 Å². The molecule has 0 aromatic carbocycles. The lowest BCUT2D eigenvalue weighted by molar-refractivity contribution is 0.363. The first-order chi connectivity index (χ1) is 14.4. The summed E-state index contributed by atoms with van der Waals surface area (Å²) < 4.78 is 0. The minimum absolute atomic E-state index is 0.823. The van der Waals surface area contributed by atoms with Crippen molar-refractivity contribution in [3.63, 3.8) is 0 Å². The molecule has 0 amide bonds. The van der Waals surface area contributed by atoms with Gasteiger partial charge >= 0.3 is 0 Å². The predicted octanol–water partition coefficient (Wildman–Crippen LogP) is 9.34. The van der Waals surface area contributed by atoms with Crippen LogP contribution in [0.15, 0.2) is 0 Å². The first-order valence-electron chi connectivity index (χ1n) is 14.2. The summed E-state index contributed by atoms with van der Waals surface area (Å²) in [7, 11) is 0. The highest BCUT2D eigenvalue weighted by molar-refractivity contribution is 4.69.